The van der Waals surface area contributed by atoms with Crippen molar-refractivity contribution < 1.29 is 4.79 Å². The Labute approximate surface area is 103 Å². The predicted octanol–water partition coefficient (Wildman–Crippen LogP) is 2.59. The number of anilines is 1. The molecule has 0 fully saturated rings. The number of rotatable bonds is 6. The van der Waals surface area contributed by atoms with Crippen molar-refractivity contribution >= 4 is 17.7 Å². The standard InChI is InChI=1S/C14H20N2O/c1-2-3-4-10-16-14(17)9-8-12-6-5-7-13(15)11-12/h5-9,11H,2-4,10,15H2,1H3,(H,16,17)/b9-8+. The van der Waals surface area contributed by atoms with Crippen LogP contribution in [-0.4, -0.2) is 12.5 Å². The van der Waals surface area contributed by atoms with E-state index in [0.717, 1.165) is 31.4 Å². The van der Waals surface area contributed by atoms with Gasteiger partial charge in [0.05, 0.1) is 0 Å². The van der Waals surface area contributed by atoms with Gasteiger partial charge in [0.2, 0.25) is 5.91 Å². The Kier molecular flexibility index (Phi) is 5.86. The molecule has 0 aliphatic heterocycles. The molecule has 92 valence electrons. The van der Waals surface area contributed by atoms with Crippen LogP contribution in [0.5, 0.6) is 0 Å². The van der Waals surface area contributed by atoms with Crippen LogP contribution >= 0.6 is 0 Å². The van der Waals surface area contributed by atoms with Crippen LogP contribution < -0.4 is 11.1 Å². The van der Waals surface area contributed by atoms with Gasteiger partial charge in [0, 0.05) is 18.3 Å². The Morgan fingerprint density at radius 2 is 2.24 bits per heavy atom. The van der Waals surface area contributed by atoms with Crippen molar-refractivity contribution in [3.63, 3.8) is 0 Å². The summed E-state index contributed by atoms with van der Waals surface area (Å²) >= 11 is 0. The summed E-state index contributed by atoms with van der Waals surface area (Å²) in [6, 6.07) is 7.44. The monoisotopic (exact) mass is 232 g/mol. The number of hydrogen-bond acceptors (Lipinski definition) is 2. The molecule has 1 amide bonds. The number of carbonyl (C=O) groups is 1. The van der Waals surface area contributed by atoms with Crippen LogP contribution in [0.15, 0.2) is 30.3 Å². The Bertz CT molecular complexity index is 386. The number of nitrogens with one attached hydrogen (secondary N) is 1. The van der Waals surface area contributed by atoms with Crippen LogP contribution in [0.25, 0.3) is 6.08 Å². The summed E-state index contributed by atoms with van der Waals surface area (Å²) in [6.45, 7) is 2.88. The minimum absolute atomic E-state index is 0.0523. The van der Waals surface area contributed by atoms with E-state index in [4.69, 9.17) is 5.73 Å². The second kappa shape index (κ2) is 7.49. The van der Waals surface area contributed by atoms with Crippen molar-refractivity contribution in [3.05, 3.63) is 35.9 Å². The lowest BCUT2D eigenvalue weighted by atomic mass is 10.2. The van der Waals surface area contributed by atoms with Crippen molar-refractivity contribution in [1.29, 1.82) is 0 Å². The third-order valence-corrected chi connectivity index (χ3v) is 2.42. The Balaban J connectivity index is 2.35. The van der Waals surface area contributed by atoms with Gasteiger partial charge in [-0.05, 0) is 30.2 Å². The van der Waals surface area contributed by atoms with E-state index < -0.39 is 0 Å². The molecule has 3 N–H and O–H groups in total. The molecule has 0 aliphatic rings. The summed E-state index contributed by atoms with van der Waals surface area (Å²) in [5.41, 5.74) is 7.29. The van der Waals surface area contributed by atoms with Gasteiger partial charge in [-0.15, -0.1) is 0 Å². The fraction of sp³-hybridized carbons (Fsp3) is 0.357. The minimum Gasteiger partial charge on any atom is -0.399 e. The molecule has 0 unspecified atom stereocenters. The van der Waals surface area contributed by atoms with Crippen LogP contribution in [0.3, 0.4) is 0 Å². The van der Waals surface area contributed by atoms with Gasteiger partial charge in [-0.25, -0.2) is 0 Å². The lowest BCUT2D eigenvalue weighted by Crippen LogP contribution is -2.21. The quantitative estimate of drug-likeness (QED) is 0.450. The summed E-state index contributed by atoms with van der Waals surface area (Å²) < 4.78 is 0. The van der Waals surface area contributed by atoms with E-state index in [0.29, 0.717) is 5.69 Å². The van der Waals surface area contributed by atoms with Gasteiger partial charge in [0.15, 0.2) is 0 Å². The summed E-state index contributed by atoms with van der Waals surface area (Å²) in [5.74, 6) is -0.0523. The number of carbonyl (C=O) groups excluding carboxylic acids is 1. The summed E-state index contributed by atoms with van der Waals surface area (Å²) in [6.07, 6.45) is 6.66. The van der Waals surface area contributed by atoms with E-state index in [1.807, 2.05) is 24.3 Å². The Hall–Kier alpha value is -1.77. The first-order valence-corrected chi connectivity index (χ1v) is 6.04. The molecule has 1 rings (SSSR count). The van der Waals surface area contributed by atoms with Crippen LogP contribution in [-0.2, 0) is 4.79 Å². The number of amides is 1. The number of benzene rings is 1. The topological polar surface area (TPSA) is 55.1 Å². The lowest BCUT2D eigenvalue weighted by Gasteiger charge is -2.00. The molecule has 17 heavy (non-hydrogen) atoms. The average molecular weight is 232 g/mol. The van der Waals surface area contributed by atoms with Gasteiger partial charge in [-0.2, -0.15) is 0 Å². The summed E-state index contributed by atoms with van der Waals surface area (Å²) in [4.78, 5) is 11.4. The molecule has 0 saturated carbocycles. The molecule has 0 bridgehead atoms. The van der Waals surface area contributed by atoms with Crippen molar-refractivity contribution in [2.75, 3.05) is 12.3 Å². The minimum atomic E-state index is -0.0523. The largest absolute Gasteiger partial charge is 0.399 e. The molecule has 0 saturated heterocycles. The van der Waals surface area contributed by atoms with E-state index in [1.165, 1.54) is 0 Å². The fourth-order valence-electron chi connectivity index (χ4n) is 1.48. The molecule has 0 aliphatic carbocycles. The Morgan fingerprint density at radius 1 is 1.41 bits per heavy atom. The average Bonchev–Trinajstić information content (AvgIpc) is 2.32. The highest BCUT2D eigenvalue weighted by Gasteiger charge is 1.94. The first-order valence-electron chi connectivity index (χ1n) is 6.04. The van der Waals surface area contributed by atoms with Crippen LogP contribution in [0.2, 0.25) is 0 Å². The summed E-state index contributed by atoms with van der Waals surface area (Å²) in [5, 5.41) is 2.85. The number of hydrogen-bond donors (Lipinski definition) is 2. The zero-order chi connectivity index (χ0) is 12.5. The first kappa shape index (κ1) is 13.3. The maximum atomic E-state index is 11.4. The molecule has 0 spiro atoms. The van der Waals surface area contributed by atoms with Crippen molar-refractivity contribution in [2.45, 2.75) is 26.2 Å². The van der Waals surface area contributed by atoms with Crippen LogP contribution in [0.1, 0.15) is 31.7 Å². The predicted molar refractivity (Wildman–Crippen MR) is 72.4 cm³/mol. The van der Waals surface area contributed by atoms with Crippen LogP contribution in [0, 0.1) is 0 Å². The van der Waals surface area contributed by atoms with Crippen molar-refractivity contribution in [2.24, 2.45) is 0 Å². The van der Waals surface area contributed by atoms with Gasteiger partial charge in [-0.1, -0.05) is 31.9 Å². The molecule has 1 aromatic carbocycles. The highest BCUT2D eigenvalue weighted by atomic mass is 16.1. The number of nitrogen functional groups attached to an aromatic ring is 1. The smallest absolute Gasteiger partial charge is 0.243 e. The SMILES string of the molecule is CCCCCNC(=O)/C=C/c1cccc(N)c1. The van der Waals surface area contributed by atoms with Crippen LogP contribution in [0.4, 0.5) is 5.69 Å². The maximum absolute atomic E-state index is 11.4. The fourth-order valence-corrected chi connectivity index (χ4v) is 1.48. The van der Waals surface area contributed by atoms with Gasteiger partial charge in [0.1, 0.15) is 0 Å². The molecule has 1 aromatic rings. The Morgan fingerprint density at radius 3 is 2.94 bits per heavy atom. The molecule has 0 heterocycles. The van der Waals surface area contributed by atoms with E-state index >= 15 is 0 Å². The van der Waals surface area contributed by atoms with Crippen molar-refractivity contribution in [1.82, 2.24) is 5.32 Å². The van der Waals surface area contributed by atoms with E-state index in [-0.39, 0.29) is 5.91 Å². The number of unbranched alkanes of at least 4 members (excludes halogenated alkanes) is 2. The molecule has 0 aromatic heterocycles. The van der Waals surface area contributed by atoms with E-state index in [2.05, 4.69) is 12.2 Å². The normalized spacial score (nSPS) is 10.6. The number of nitrogens with two attached hydrogens (primary N) is 1. The zero-order valence-electron chi connectivity index (χ0n) is 10.3. The second-order valence-electron chi connectivity index (χ2n) is 4.00. The maximum Gasteiger partial charge on any atom is 0.243 e. The first-order chi connectivity index (χ1) is 8.22. The molecule has 0 atom stereocenters. The molecule has 3 nitrogen and oxygen atoms in total. The van der Waals surface area contributed by atoms with E-state index in [9.17, 15) is 4.79 Å². The second-order valence-corrected chi connectivity index (χ2v) is 4.00. The van der Waals surface area contributed by atoms with Gasteiger partial charge in [-0.3, -0.25) is 4.79 Å². The van der Waals surface area contributed by atoms with Gasteiger partial charge in [0.25, 0.3) is 0 Å². The molecule has 3 heteroatoms. The van der Waals surface area contributed by atoms with Gasteiger partial charge >= 0.3 is 0 Å². The highest BCUT2D eigenvalue weighted by molar-refractivity contribution is 5.91. The third-order valence-electron chi connectivity index (χ3n) is 2.42. The lowest BCUT2D eigenvalue weighted by molar-refractivity contribution is -0.116. The van der Waals surface area contributed by atoms with Gasteiger partial charge < -0.3 is 11.1 Å². The third kappa shape index (κ3) is 5.76. The molecule has 0 radical (unpaired) electrons. The summed E-state index contributed by atoms with van der Waals surface area (Å²) in [7, 11) is 0. The van der Waals surface area contributed by atoms with E-state index in [1.54, 1.807) is 12.2 Å². The molecular formula is C14H20N2O. The van der Waals surface area contributed by atoms with Crippen molar-refractivity contribution in [3.8, 4) is 0 Å². The highest BCUT2D eigenvalue weighted by Crippen LogP contribution is 2.07. The molecular weight excluding hydrogens is 212 g/mol. The zero-order valence-corrected chi connectivity index (χ0v) is 10.3.